The average Bonchev–Trinajstić information content (AvgIpc) is 2.36. The molecule has 0 radical (unpaired) electrons. The Morgan fingerprint density at radius 2 is 2.26 bits per heavy atom. The molecule has 0 fully saturated rings. The van der Waals surface area contributed by atoms with Crippen LogP contribution in [0.1, 0.15) is 18.9 Å². The van der Waals surface area contributed by atoms with Crippen LogP contribution in [0.5, 0.6) is 0 Å². The Hall–Kier alpha value is -0.910. The monoisotopic (exact) mass is 327 g/mol. The smallest absolute Gasteiger partial charge is 0.221 e. The third-order valence-corrected chi connectivity index (χ3v) is 3.50. The first-order valence-corrected chi connectivity index (χ1v) is 7.27. The van der Waals surface area contributed by atoms with Crippen LogP contribution in [-0.2, 0) is 11.3 Å². The Labute approximate surface area is 123 Å². The summed E-state index contributed by atoms with van der Waals surface area (Å²) < 4.78 is 1.06. The van der Waals surface area contributed by atoms with E-state index in [4.69, 9.17) is 5.73 Å². The van der Waals surface area contributed by atoms with Gasteiger partial charge >= 0.3 is 0 Å². The molecule has 106 valence electrons. The molecule has 0 aliphatic heterocycles. The number of carbonyl (C=O) groups excluding carboxylic acids is 1. The summed E-state index contributed by atoms with van der Waals surface area (Å²) in [6.45, 7) is 3.83. The molecule has 1 atom stereocenters. The summed E-state index contributed by atoms with van der Waals surface area (Å²) >= 11 is 3.46. The first kappa shape index (κ1) is 16.1. The first-order chi connectivity index (χ1) is 9.06. The molecule has 0 spiro atoms. The second kappa shape index (κ2) is 8.30. The van der Waals surface area contributed by atoms with Gasteiger partial charge in [0.1, 0.15) is 0 Å². The van der Waals surface area contributed by atoms with Crippen LogP contribution in [0.25, 0.3) is 0 Å². The Kier molecular flexibility index (Phi) is 7.05. The number of hydrogen-bond acceptors (Lipinski definition) is 3. The SMILES string of the molecule is CCNC(=O)CC(CN)N(C)Cc1cccc(Br)c1. The first-order valence-electron chi connectivity index (χ1n) is 6.48. The van der Waals surface area contributed by atoms with Crippen molar-refractivity contribution in [1.82, 2.24) is 10.2 Å². The third kappa shape index (κ3) is 5.72. The standard InChI is InChI=1S/C14H22BrN3O/c1-3-17-14(19)8-13(9-16)18(2)10-11-5-4-6-12(15)7-11/h4-7,13H,3,8-10,16H2,1-2H3,(H,17,19). The molecule has 0 heterocycles. The van der Waals surface area contributed by atoms with Crippen LogP contribution in [-0.4, -0.2) is 37.0 Å². The van der Waals surface area contributed by atoms with Crippen molar-refractivity contribution in [3.05, 3.63) is 34.3 Å². The van der Waals surface area contributed by atoms with E-state index in [1.54, 1.807) is 0 Å². The fraction of sp³-hybridized carbons (Fsp3) is 0.500. The lowest BCUT2D eigenvalue weighted by molar-refractivity contribution is -0.122. The highest BCUT2D eigenvalue weighted by atomic mass is 79.9. The van der Waals surface area contributed by atoms with Crippen LogP contribution >= 0.6 is 15.9 Å². The van der Waals surface area contributed by atoms with Crippen LogP contribution in [0.2, 0.25) is 0 Å². The van der Waals surface area contributed by atoms with Gasteiger partial charge in [0.05, 0.1) is 0 Å². The third-order valence-electron chi connectivity index (χ3n) is 3.01. The highest BCUT2D eigenvalue weighted by Gasteiger charge is 2.17. The highest BCUT2D eigenvalue weighted by molar-refractivity contribution is 9.10. The molecule has 19 heavy (non-hydrogen) atoms. The van der Waals surface area contributed by atoms with Crippen LogP contribution in [0.4, 0.5) is 0 Å². The van der Waals surface area contributed by atoms with Crippen molar-refractivity contribution in [1.29, 1.82) is 0 Å². The van der Waals surface area contributed by atoms with Gasteiger partial charge in [-0.15, -0.1) is 0 Å². The molecular formula is C14H22BrN3O. The topological polar surface area (TPSA) is 58.4 Å². The number of hydrogen-bond donors (Lipinski definition) is 2. The summed E-state index contributed by atoms with van der Waals surface area (Å²) in [5.41, 5.74) is 6.97. The highest BCUT2D eigenvalue weighted by Crippen LogP contribution is 2.14. The fourth-order valence-corrected chi connectivity index (χ4v) is 2.40. The number of halogens is 1. The molecule has 0 aromatic heterocycles. The maximum absolute atomic E-state index is 11.6. The van der Waals surface area contributed by atoms with Gasteiger partial charge < -0.3 is 11.1 Å². The molecule has 1 aromatic rings. The lowest BCUT2D eigenvalue weighted by atomic mass is 10.1. The Morgan fingerprint density at radius 3 is 2.84 bits per heavy atom. The second-order valence-corrected chi connectivity index (χ2v) is 5.51. The van der Waals surface area contributed by atoms with Crippen LogP contribution in [0, 0.1) is 0 Å². The van der Waals surface area contributed by atoms with E-state index in [9.17, 15) is 4.79 Å². The zero-order chi connectivity index (χ0) is 14.3. The van der Waals surface area contributed by atoms with Gasteiger partial charge in [0.15, 0.2) is 0 Å². The van der Waals surface area contributed by atoms with Gasteiger partial charge in [0.2, 0.25) is 5.91 Å². The number of nitrogens with zero attached hydrogens (tertiary/aromatic N) is 1. The van der Waals surface area contributed by atoms with Crippen LogP contribution in [0.15, 0.2) is 28.7 Å². The quantitative estimate of drug-likeness (QED) is 0.801. The number of carbonyl (C=O) groups is 1. The predicted molar refractivity (Wildman–Crippen MR) is 81.8 cm³/mol. The minimum absolute atomic E-state index is 0.0547. The zero-order valence-corrected chi connectivity index (χ0v) is 13.1. The summed E-state index contributed by atoms with van der Waals surface area (Å²) in [5.74, 6) is 0.0547. The van der Waals surface area contributed by atoms with Gasteiger partial charge in [-0.05, 0) is 31.7 Å². The van der Waals surface area contributed by atoms with Crippen molar-refractivity contribution in [2.45, 2.75) is 25.9 Å². The lowest BCUT2D eigenvalue weighted by Crippen LogP contribution is -2.41. The van der Waals surface area contributed by atoms with Crippen molar-refractivity contribution in [3.63, 3.8) is 0 Å². The molecule has 4 nitrogen and oxygen atoms in total. The number of rotatable bonds is 7. The average molecular weight is 328 g/mol. The molecule has 1 amide bonds. The van der Waals surface area contributed by atoms with Gasteiger partial charge in [-0.1, -0.05) is 28.1 Å². The Bertz CT molecular complexity index is 411. The maximum atomic E-state index is 11.6. The van der Waals surface area contributed by atoms with E-state index in [1.165, 1.54) is 5.56 Å². The fourth-order valence-electron chi connectivity index (χ4n) is 1.95. The number of likely N-dealkylation sites (N-methyl/N-ethyl adjacent to an activating group) is 1. The molecule has 1 unspecified atom stereocenters. The minimum Gasteiger partial charge on any atom is -0.356 e. The number of nitrogens with one attached hydrogen (secondary N) is 1. The summed E-state index contributed by atoms with van der Waals surface area (Å²) in [5, 5.41) is 2.81. The molecule has 0 saturated heterocycles. The van der Waals surface area contributed by atoms with Gasteiger partial charge in [-0.3, -0.25) is 9.69 Å². The summed E-state index contributed by atoms with van der Waals surface area (Å²) in [6, 6.07) is 8.22. The largest absolute Gasteiger partial charge is 0.356 e. The van der Waals surface area contributed by atoms with E-state index in [2.05, 4.69) is 38.3 Å². The molecular weight excluding hydrogens is 306 g/mol. The molecule has 0 aliphatic rings. The second-order valence-electron chi connectivity index (χ2n) is 4.59. The molecule has 0 bridgehead atoms. The van der Waals surface area contributed by atoms with Crippen molar-refractivity contribution in [2.75, 3.05) is 20.1 Å². The van der Waals surface area contributed by atoms with E-state index >= 15 is 0 Å². The van der Waals surface area contributed by atoms with Gasteiger partial charge in [-0.2, -0.15) is 0 Å². The van der Waals surface area contributed by atoms with E-state index < -0.39 is 0 Å². The van der Waals surface area contributed by atoms with Crippen LogP contribution < -0.4 is 11.1 Å². The molecule has 5 heteroatoms. The molecule has 0 aliphatic carbocycles. The normalized spacial score (nSPS) is 12.5. The van der Waals surface area contributed by atoms with E-state index in [-0.39, 0.29) is 11.9 Å². The van der Waals surface area contributed by atoms with E-state index in [0.717, 1.165) is 11.0 Å². The van der Waals surface area contributed by atoms with Gasteiger partial charge in [-0.25, -0.2) is 0 Å². The van der Waals surface area contributed by atoms with Crippen molar-refractivity contribution in [2.24, 2.45) is 5.73 Å². The zero-order valence-electron chi connectivity index (χ0n) is 11.5. The summed E-state index contributed by atoms with van der Waals surface area (Å²) in [6.07, 6.45) is 0.439. The van der Waals surface area contributed by atoms with Gasteiger partial charge in [0, 0.05) is 36.6 Å². The molecule has 1 rings (SSSR count). The number of benzene rings is 1. The van der Waals surface area contributed by atoms with Crippen molar-refractivity contribution < 1.29 is 4.79 Å². The number of nitrogens with two attached hydrogens (primary N) is 1. The molecule has 1 aromatic carbocycles. The Balaban J connectivity index is 2.58. The number of amides is 1. The summed E-state index contributed by atoms with van der Waals surface area (Å²) in [7, 11) is 2.00. The minimum atomic E-state index is 0.0547. The molecule has 0 saturated carbocycles. The lowest BCUT2D eigenvalue weighted by Gasteiger charge is -2.26. The summed E-state index contributed by atoms with van der Waals surface area (Å²) in [4.78, 5) is 13.7. The molecule has 3 N–H and O–H groups in total. The van der Waals surface area contributed by atoms with E-state index in [0.29, 0.717) is 19.5 Å². The van der Waals surface area contributed by atoms with Crippen molar-refractivity contribution >= 4 is 21.8 Å². The van der Waals surface area contributed by atoms with Crippen LogP contribution in [0.3, 0.4) is 0 Å². The van der Waals surface area contributed by atoms with Crippen molar-refractivity contribution in [3.8, 4) is 0 Å². The predicted octanol–water partition coefficient (Wildman–Crippen LogP) is 1.73. The van der Waals surface area contributed by atoms with Gasteiger partial charge in [0.25, 0.3) is 0 Å². The Morgan fingerprint density at radius 1 is 1.53 bits per heavy atom. The van der Waals surface area contributed by atoms with E-state index in [1.807, 2.05) is 26.1 Å². The maximum Gasteiger partial charge on any atom is 0.221 e.